The van der Waals surface area contributed by atoms with Crippen molar-refractivity contribution in [3.63, 3.8) is 0 Å². The van der Waals surface area contributed by atoms with E-state index in [4.69, 9.17) is 0 Å². The maximum Gasteiger partial charge on any atom is 0.163 e. The third-order valence-electron chi connectivity index (χ3n) is 3.64. The van der Waals surface area contributed by atoms with Crippen molar-refractivity contribution in [1.29, 1.82) is 0 Å². The Labute approximate surface area is 117 Å². The summed E-state index contributed by atoms with van der Waals surface area (Å²) in [6.45, 7) is 1.93. The molecular weight excluding hydrogens is 254 g/mol. The number of aryl methyl sites for hydroxylation is 1. The van der Waals surface area contributed by atoms with Gasteiger partial charge in [0.1, 0.15) is 0 Å². The number of Topliss-reactive ketones (excluding diaryl/α,β-unsaturated/α-hetero) is 1. The predicted octanol–water partition coefficient (Wildman–Crippen LogP) is 3.21. The molecule has 1 aromatic carbocycles. The highest BCUT2D eigenvalue weighted by molar-refractivity contribution is 7.07. The zero-order valence-corrected chi connectivity index (χ0v) is 11.6. The van der Waals surface area contributed by atoms with Gasteiger partial charge >= 0.3 is 0 Å². The Morgan fingerprint density at radius 1 is 1.26 bits per heavy atom. The van der Waals surface area contributed by atoms with Gasteiger partial charge in [-0.3, -0.25) is 4.79 Å². The van der Waals surface area contributed by atoms with Crippen molar-refractivity contribution < 1.29 is 4.79 Å². The molecule has 2 aromatic rings. The van der Waals surface area contributed by atoms with E-state index >= 15 is 0 Å². The summed E-state index contributed by atoms with van der Waals surface area (Å²) in [5.41, 5.74) is 4.79. The van der Waals surface area contributed by atoms with Crippen LogP contribution in [0.2, 0.25) is 0 Å². The quantitative estimate of drug-likeness (QED) is 0.865. The largest absolute Gasteiger partial charge is 0.312 e. The summed E-state index contributed by atoms with van der Waals surface area (Å²) in [4.78, 5) is 12.2. The van der Waals surface area contributed by atoms with E-state index < -0.39 is 0 Å². The van der Waals surface area contributed by atoms with Crippen LogP contribution in [0.1, 0.15) is 33.5 Å². The first-order chi connectivity index (χ1) is 9.33. The highest BCUT2D eigenvalue weighted by Gasteiger charge is 2.12. The first-order valence-corrected chi connectivity index (χ1v) is 7.64. The van der Waals surface area contributed by atoms with Crippen LogP contribution >= 0.6 is 11.3 Å². The molecule has 0 radical (unpaired) electrons. The van der Waals surface area contributed by atoms with Crippen molar-refractivity contribution in [2.75, 3.05) is 6.54 Å². The minimum atomic E-state index is 0.250. The number of carbonyl (C=O) groups is 1. The molecule has 0 unspecified atom stereocenters. The highest BCUT2D eigenvalue weighted by atomic mass is 32.1. The van der Waals surface area contributed by atoms with E-state index in [1.807, 2.05) is 6.07 Å². The second-order valence-corrected chi connectivity index (χ2v) is 5.75. The van der Waals surface area contributed by atoms with Crippen LogP contribution in [0.4, 0.5) is 0 Å². The Balaban J connectivity index is 1.69. The molecule has 0 spiro atoms. The van der Waals surface area contributed by atoms with Gasteiger partial charge in [0.15, 0.2) is 5.78 Å². The van der Waals surface area contributed by atoms with Gasteiger partial charge in [-0.05, 0) is 59.0 Å². The Morgan fingerprint density at radius 3 is 3.05 bits per heavy atom. The normalized spacial score (nSPS) is 14.1. The summed E-state index contributed by atoms with van der Waals surface area (Å²) < 4.78 is 0. The molecule has 0 saturated heterocycles. The van der Waals surface area contributed by atoms with E-state index in [1.54, 1.807) is 11.3 Å². The molecule has 2 heterocycles. The molecule has 1 aliphatic rings. The molecule has 0 saturated carbocycles. The number of benzene rings is 1. The number of fused-ring (bicyclic) bond motifs is 1. The van der Waals surface area contributed by atoms with Crippen LogP contribution in [0.5, 0.6) is 0 Å². The SMILES string of the molecule is O=C(CCc1ccsc1)c1ccc2c(c1)CNCC2. The van der Waals surface area contributed by atoms with Gasteiger partial charge in [-0.25, -0.2) is 0 Å². The van der Waals surface area contributed by atoms with Gasteiger partial charge in [-0.1, -0.05) is 12.1 Å². The Hall–Kier alpha value is -1.45. The zero-order chi connectivity index (χ0) is 13.1. The average Bonchev–Trinajstić information content (AvgIpc) is 2.97. The summed E-state index contributed by atoms with van der Waals surface area (Å²) >= 11 is 1.69. The summed E-state index contributed by atoms with van der Waals surface area (Å²) in [5.74, 6) is 0.250. The number of hydrogen-bond donors (Lipinski definition) is 1. The van der Waals surface area contributed by atoms with Gasteiger partial charge in [0, 0.05) is 18.5 Å². The molecule has 0 bridgehead atoms. The molecule has 3 rings (SSSR count). The van der Waals surface area contributed by atoms with Crippen molar-refractivity contribution in [3.05, 3.63) is 57.3 Å². The molecular formula is C16H17NOS. The third kappa shape index (κ3) is 2.94. The van der Waals surface area contributed by atoms with E-state index in [0.717, 1.165) is 31.5 Å². The second-order valence-electron chi connectivity index (χ2n) is 4.97. The van der Waals surface area contributed by atoms with Crippen molar-refractivity contribution in [2.45, 2.75) is 25.8 Å². The molecule has 0 amide bonds. The smallest absolute Gasteiger partial charge is 0.163 e. The molecule has 19 heavy (non-hydrogen) atoms. The number of thiophene rings is 1. The zero-order valence-electron chi connectivity index (χ0n) is 10.8. The lowest BCUT2D eigenvalue weighted by Gasteiger charge is -2.17. The number of hydrogen-bond acceptors (Lipinski definition) is 3. The number of ketones is 1. The van der Waals surface area contributed by atoms with E-state index in [-0.39, 0.29) is 5.78 Å². The molecule has 2 nitrogen and oxygen atoms in total. The maximum atomic E-state index is 12.2. The van der Waals surface area contributed by atoms with Gasteiger partial charge in [0.25, 0.3) is 0 Å². The minimum Gasteiger partial charge on any atom is -0.312 e. The Morgan fingerprint density at radius 2 is 2.21 bits per heavy atom. The van der Waals surface area contributed by atoms with Gasteiger partial charge in [0.2, 0.25) is 0 Å². The Kier molecular flexibility index (Phi) is 3.76. The molecule has 1 aliphatic heterocycles. The van der Waals surface area contributed by atoms with Gasteiger partial charge in [0.05, 0.1) is 0 Å². The van der Waals surface area contributed by atoms with Crippen LogP contribution in [0.25, 0.3) is 0 Å². The fourth-order valence-corrected chi connectivity index (χ4v) is 3.19. The lowest BCUT2D eigenvalue weighted by Crippen LogP contribution is -2.23. The summed E-state index contributed by atoms with van der Waals surface area (Å²) in [5, 5.41) is 7.53. The van der Waals surface area contributed by atoms with Crippen molar-refractivity contribution >= 4 is 17.1 Å². The maximum absolute atomic E-state index is 12.2. The number of rotatable bonds is 4. The molecule has 0 aliphatic carbocycles. The summed E-state index contributed by atoms with van der Waals surface area (Å²) in [6, 6.07) is 8.26. The van der Waals surface area contributed by atoms with Crippen LogP contribution < -0.4 is 5.32 Å². The number of nitrogens with one attached hydrogen (secondary N) is 1. The van der Waals surface area contributed by atoms with Crippen LogP contribution in [-0.2, 0) is 19.4 Å². The van der Waals surface area contributed by atoms with Crippen molar-refractivity contribution in [1.82, 2.24) is 5.32 Å². The molecule has 98 valence electrons. The van der Waals surface area contributed by atoms with E-state index in [1.165, 1.54) is 16.7 Å². The summed E-state index contributed by atoms with van der Waals surface area (Å²) in [6.07, 6.45) is 2.51. The fourth-order valence-electron chi connectivity index (χ4n) is 2.49. The lowest BCUT2D eigenvalue weighted by molar-refractivity contribution is 0.0982. The lowest BCUT2D eigenvalue weighted by atomic mass is 9.95. The molecule has 3 heteroatoms. The number of carbonyl (C=O) groups excluding carboxylic acids is 1. The fraction of sp³-hybridized carbons (Fsp3) is 0.312. The standard InChI is InChI=1S/C16H17NOS/c18-16(4-1-12-6-8-19-11-12)14-3-2-13-5-7-17-10-15(13)9-14/h2-3,6,8-9,11,17H,1,4-5,7,10H2. The first kappa shape index (κ1) is 12.6. The highest BCUT2D eigenvalue weighted by Crippen LogP contribution is 2.18. The molecule has 1 aromatic heterocycles. The third-order valence-corrected chi connectivity index (χ3v) is 4.37. The van der Waals surface area contributed by atoms with Gasteiger partial charge in [-0.2, -0.15) is 11.3 Å². The van der Waals surface area contributed by atoms with Crippen LogP contribution in [0, 0.1) is 0 Å². The van der Waals surface area contributed by atoms with Gasteiger partial charge < -0.3 is 5.32 Å². The van der Waals surface area contributed by atoms with E-state index in [0.29, 0.717) is 6.42 Å². The van der Waals surface area contributed by atoms with Crippen molar-refractivity contribution in [3.8, 4) is 0 Å². The summed E-state index contributed by atoms with van der Waals surface area (Å²) in [7, 11) is 0. The predicted molar refractivity (Wildman–Crippen MR) is 78.8 cm³/mol. The second kappa shape index (κ2) is 5.68. The molecule has 1 N–H and O–H groups in total. The Bertz CT molecular complexity index is 574. The monoisotopic (exact) mass is 271 g/mol. The van der Waals surface area contributed by atoms with Gasteiger partial charge in [-0.15, -0.1) is 0 Å². The van der Waals surface area contributed by atoms with E-state index in [2.05, 4.69) is 34.3 Å². The molecule has 0 fully saturated rings. The first-order valence-electron chi connectivity index (χ1n) is 6.70. The molecule has 0 atom stereocenters. The average molecular weight is 271 g/mol. The minimum absolute atomic E-state index is 0.250. The van der Waals surface area contributed by atoms with Crippen LogP contribution in [0.3, 0.4) is 0 Å². The topological polar surface area (TPSA) is 29.1 Å². The van der Waals surface area contributed by atoms with Crippen LogP contribution in [-0.4, -0.2) is 12.3 Å². The van der Waals surface area contributed by atoms with Crippen molar-refractivity contribution in [2.24, 2.45) is 0 Å². The van der Waals surface area contributed by atoms with E-state index in [9.17, 15) is 4.79 Å². The van der Waals surface area contributed by atoms with Crippen LogP contribution in [0.15, 0.2) is 35.0 Å².